The van der Waals surface area contributed by atoms with Gasteiger partial charge >= 0.3 is 0 Å². The van der Waals surface area contributed by atoms with E-state index in [0.717, 1.165) is 24.4 Å². The molecule has 1 atom stereocenters. The summed E-state index contributed by atoms with van der Waals surface area (Å²) in [7, 11) is 0. The summed E-state index contributed by atoms with van der Waals surface area (Å²) in [6.45, 7) is 5.10. The predicted molar refractivity (Wildman–Crippen MR) is 78.9 cm³/mol. The number of nitrogens with one attached hydrogen (secondary N) is 1. The molecule has 2 aromatic rings. The second-order valence-electron chi connectivity index (χ2n) is 5.03. The van der Waals surface area contributed by atoms with Crippen molar-refractivity contribution in [2.24, 2.45) is 0 Å². The molecular formula is C17H19NO. The molecule has 0 aromatic heterocycles. The van der Waals surface area contributed by atoms with Crippen LogP contribution < -0.4 is 10.1 Å². The van der Waals surface area contributed by atoms with Crippen molar-refractivity contribution in [3.05, 3.63) is 59.2 Å². The Balaban J connectivity index is 1.85. The van der Waals surface area contributed by atoms with Crippen LogP contribution >= 0.6 is 0 Å². The van der Waals surface area contributed by atoms with E-state index in [-0.39, 0.29) is 6.10 Å². The first-order chi connectivity index (χ1) is 9.28. The molecule has 2 nitrogen and oxygen atoms in total. The SMILES string of the molecule is CCc1ccc(C2CNc3c(C)cccc3O2)cc1. The van der Waals surface area contributed by atoms with Crippen molar-refractivity contribution in [1.82, 2.24) is 0 Å². The third-order valence-electron chi connectivity index (χ3n) is 3.73. The zero-order valence-electron chi connectivity index (χ0n) is 11.4. The van der Waals surface area contributed by atoms with Gasteiger partial charge in [0.2, 0.25) is 0 Å². The van der Waals surface area contributed by atoms with Crippen molar-refractivity contribution in [3.63, 3.8) is 0 Å². The Hall–Kier alpha value is -1.96. The van der Waals surface area contributed by atoms with Crippen LogP contribution in [0.4, 0.5) is 5.69 Å². The van der Waals surface area contributed by atoms with Gasteiger partial charge in [-0.2, -0.15) is 0 Å². The molecule has 0 aliphatic carbocycles. The summed E-state index contributed by atoms with van der Waals surface area (Å²) >= 11 is 0. The van der Waals surface area contributed by atoms with Crippen molar-refractivity contribution >= 4 is 5.69 Å². The van der Waals surface area contributed by atoms with Crippen molar-refractivity contribution in [1.29, 1.82) is 0 Å². The molecule has 1 aliphatic heterocycles. The Bertz CT molecular complexity index is 574. The minimum Gasteiger partial charge on any atom is -0.482 e. The van der Waals surface area contributed by atoms with Gasteiger partial charge in [-0.3, -0.25) is 0 Å². The van der Waals surface area contributed by atoms with E-state index in [1.807, 2.05) is 12.1 Å². The minimum atomic E-state index is 0.0974. The van der Waals surface area contributed by atoms with E-state index >= 15 is 0 Å². The highest BCUT2D eigenvalue weighted by molar-refractivity contribution is 5.63. The first-order valence-corrected chi connectivity index (χ1v) is 6.87. The Morgan fingerprint density at radius 3 is 2.68 bits per heavy atom. The molecule has 0 radical (unpaired) electrons. The first-order valence-electron chi connectivity index (χ1n) is 6.87. The third-order valence-corrected chi connectivity index (χ3v) is 3.73. The molecule has 1 heterocycles. The fourth-order valence-corrected chi connectivity index (χ4v) is 2.51. The molecule has 98 valence electrons. The van der Waals surface area contributed by atoms with Gasteiger partial charge in [0.15, 0.2) is 0 Å². The van der Waals surface area contributed by atoms with Crippen LogP contribution in [0.15, 0.2) is 42.5 Å². The molecule has 0 saturated heterocycles. The number of anilines is 1. The smallest absolute Gasteiger partial charge is 0.143 e. The predicted octanol–water partition coefficient (Wildman–Crippen LogP) is 4.10. The monoisotopic (exact) mass is 253 g/mol. The Labute approximate surface area is 114 Å². The number of hydrogen-bond donors (Lipinski definition) is 1. The topological polar surface area (TPSA) is 21.3 Å². The van der Waals surface area contributed by atoms with E-state index in [9.17, 15) is 0 Å². The van der Waals surface area contributed by atoms with Gasteiger partial charge < -0.3 is 10.1 Å². The van der Waals surface area contributed by atoms with Crippen LogP contribution in [0.25, 0.3) is 0 Å². The summed E-state index contributed by atoms with van der Waals surface area (Å²) in [4.78, 5) is 0. The van der Waals surface area contributed by atoms with Gasteiger partial charge in [-0.05, 0) is 36.1 Å². The van der Waals surface area contributed by atoms with E-state index in [0.29, 0.717) is 0 Å². The zero-order chi connectivity index (χ0) is 13.2. The summed E-state index contributed by atoms with van der Waals surface area (Å²) in [5, 5.41) is 3.48. The Morgan fingerprint density at radius 1 is 1.16 bits per heavy atom. The molecule has 19 heavy (non-hydrogen) atoms. The van der Waals surface area contributed by atoms with Crippen LogP contribution in [-0.4, -0.2) is 6.54 Å². The highest BCUT2D eigenvalue weighted by Crippen LogP contribution is 2.36. The molecule has 1 unspecified atom stereocenters. The number of benzene rings is 2. The van der Waals surface area contributed by atoms with E-state index < -0.39 is 0 Å². The van der Waals surface area contributed by atoms with Crippen LogP contribution in [0.1, 0.15) is 29.7 Å². The normalized spacial score (nSPS) is 17.3. The molecule has 1 N–H and O–H groups in total. The van der Waals surface area contributed by atoms with Crippen LogP contribution in [0.3, 0.4) is 0 Å². The lowest BCUT2D eigenvalue weighted by Gasteiger charge is -2.28. The van der Waals surface area contributed by atoms with Gasteiger partial charge in [-0.15, -0.1) is 0 Å². The maximum absolute atomic E-state index is 6.11. The lowest BCUT2D eigenvalue weighted by Crippen LogP contribution is -2.24. The molecule has 2 aromatic carbocycles. The number of para-hydroxylation sites is 1. The standard InChI is InChI=1S/C17H19NO/c1-3-13-7-9-14(10-8-13)16-11-18-17-12(2)5-4-6-15(17)19-16/h4-10,16,18H,3,11H2,1-2H3. The second kappa shape index (κ2) is 4.96. The number of fused-ring (bicyclic) bond motifs is 1. The second-order valence-corrected chi connectivity index (χ2v) is 5.03. The van der Waals surface area contributed by atoms with Crippen LogP contribution in [0.5, 0.6) is 5.75 Å². The number of hydrogen-bond acceptors (Lipinski definition) is 2. The number of ether oxygens (including phenoxy) is 1. The molecule has 0 spiro atoms. The molecule has 0 saturated carbocycles. The molecular weight excluding hydrogens is 234 g/mol. The van der Waals surface area contributed by atoms with Crippen LogP contribution in [0, 0.1) is 6.92 Å². The lowest BCUT2D eigenvalue weighted by molar-refractivity contribution is 0.210. The number of rotatable bonds is 2. The van der Waals surface area contributed by atoms with Crippen LogP contribution in [0.2, 0.25) is 0 Å². The van der Waals surface area contributed by atoms with Gasteiger partial charge in [0.05, 0.1) is 12.2 Å². The Kier molecular flexibility index (Phi) is 3.16. The van der Waals surface area contributed by atoms with Crippen molar-refractivity contribution in [2.45, 2.75) is 26.4 Å². The van der Waals surface area contributed by atoms with Crippen molar-refractivity contribution in [3.8, 4) is 5.75 Å². The molecule has 3 rings (SSSR count). The highest BCUT2D eigenvalue weighted by Gasteiger charge is 2.21. The zero-order valence-corrected chi connectivity index (χ0v) is 11.4. The van der Waals surface area contributed by atoms with E-state index in [1.54, 1.807) is 0 Å². The molecule has 0 amide bonds. The van der Waals surface area contributed by atoms with Gasteiger partial charge in [0.1, 0.15) is 11.9 Å². The van der Waals surface area contributed by atoms with Crippen LogP contribution in [-0.2, 0) is 6.42 Å². The maximum Gasteiger partial charge on any atom is 0.143 e. The third kappa shape index (κ3) is 2.30. The fraction of sp³-hybridized carbons (Fsp3) is 0.294. The average Bonchev–Trinajstić information content (AvgIpc) is 2.47. The van der Waals surface area contributed by atoms with Gasteiger partial charge in [0.25, 0.3) is 0 Å². The van der Waals surface area contributed by atoms with Gasteiger partial charge in [-0.25, -0.2) is 0 Å². The number of aryl methyl sites for hydroxylation is 2. The van der Waals surface area contributed by atoms with E-state index in [1.165, 1.54) is 16.7 Å². The van der Waals surface area contributed by atoms with E-state index in [4.69, 9.17) is 4.74 Å². The summed E-state index contributed by atoms with van der Waals surface area (Å²) in [5.74, 6) is 0.954. The van der Waals surface area contributed by atoms with Gasteiger partial charge in [0, 0.05) is 0 Å². The fourth-order valence-electron chi connectivity index (χ4n) is 2.51. The summed E-state index contributed by atoms with van der Waals surface area (Å²) in [5.41, 5.74) is 4.96. The molecule has 1 aliphatic rings. The lowest BCUT2D eigenvalue weighted by atomic mass is 10.0. The molecule has 2 heteroatoms. The summed E-state index contributed by atoms with van der Waals surface area (Å²) in [6, 6.07) is 14.9. The van der Waals surface area contributed by atoms with Crippen molar-refractivity contribution in [2.75, 3.05) is 11.9 Å². The highest BCUT2D eigenvalue weighted by atomic mass is 16.5. The van der Waals surface area contributed by atoms with E-state index in [2.05, 4.69) is 49.5 Å². The van der Waals surface area contributed by atoms with Crippen molar-refractivity contribution < 1.29 is 4.74 Å². The maximum atomic E-state index is 6.11. The summed E-state index contributed by atoms with van der Waals surface area (Å²) in [6.07, 6.45) is 1.17. The minimum absolute atomic E-state index is 0.0974. The van der Waals surface area contributed by atoms with Gasteiger partial charge in [-0.1, -0.05) is 43.3 Å². The molecule has 0 fully saturated rings. The first kappa shape index (κ1) is 12.1. The molecule has 0 bridgehead atoms. The largest absolute Gasteiger partial charge is 0.482 e. The summed E-state index contributed by atoms with van der Waals surface area (Å²) < 4.78 is 6.11. The Morgan fingerprint density at radius 2 is 1.95 bits per heavy atom. The quantitative estimate of drug-likeness (QED) is 0.870. The average molecular weight is 253 g/mol.